The van der Waals surface area contributed by atoms with Crippen LogP contribution in [-0.2, 0) is 6.42 Å². The van der Waals surface area contributed by atoms with Crippen LogP contribution >= 0.6 is 50.7 Å². The number of halogens is 4. The average molecular weight is 394 g/mol. The third-order valence-corrected chi connectivity index (χ3v) is 5.07. The summed E-state index contributed by atoms with van der Waals surface area (Å²) in [5.41, 5.74) is 2.29. The number of nitrogens with one attached hydrogen (secondary N) is 1. The lowest BCUT2D eigenvalue weighted by atomic mass is 9.99. The van der Waals surface area contributed by atoms with Gasteiger partial charge in [-0.3, -0.25) is 0 Å². The Balaban J connectivity index is 2.23. The molecule has 0 aliphatic heterocycles. The molecule has 1 N–H and O–H groups in total. The maximum atomic E-state index is 6.06. The number of hydrogen-bond donors (Lipinski definition) is 1. The van der Waals surface area contributed by atoms with Crippen molar-refractivity contribution in [2.24, 2.45) is 0 Å². The van der Waals surface area contributed by atoms with Crippen LogP contribution in [-0.4, -0.2) is 7.05 Å². The van der Waals surface area contributed by atoms with Gasteiger partial charge in [0.2, 0.25) is 0 Å². The van der Waals surface area contributed by atoms with E-state index in [0.29, 0.717) is 15.1 Å². The molecule has 0 fully saturated rings. The van der Waals surface area contributed by atoms with Gasteiger partial charge in [0.25, 0.3) is 0 Å². The molecule has 2 rings (SSSR count). The molecule has 1 atom stereocenters. The zero-order valence-corrected chi connectivity index (χ0v) is 14.6. The maximum Gasteiger partial charge on any atom is 0.0595 e. The Morgan fingerprint density at radius 1 is 1.00 bits per heavy atom. The number of hydrogen-bond acceptors (Lipinski definition) is 1. The molecule has 0 bridgehead atoms. The third kappa shape index (κ3) is 3.90. The molecule has 0 amide bonds. The van der Waals surface area contributed by atoms with Crippen LogP contribution in [0.15, 0.2) is 40.9 Å². The normalized spacial score (nSPS) is 12.4. The summed E-state index contributed by atoms with van der Waals surface area (Å²) in [4.78, 5) is 0. The summed E-state index contributed by atoms with van der Waals surface area (Å²) in [5.74, 6) is 0. The lowest BCUT2D eigenvalue weighted by molar-refractivity contribution is 0.592. The molecule has 20 heavy (non-hydrogen) atoms. The fourth-order valence-electron chi connectivity index (χ4n) is 2.02. The van der Waals surface area contributed by atoms with Gasteiger partial charge in [-0.15, -0.1) is 0 Å². The van der Waals surface area contributed by atoms with Gasteiger partial charge in [-0.25, -0.2) is 0 Å². The first-order valence-electron chi connectivity index (χ1n) is 6.07. The Hall–Kier alpha value is -0.250. The van der Waals surface area contributed by atoms with Gasteiger partial charge >= 0.3 is 0 Å². The molecule has 0 saturated heterocycles. The summed E-state index contributed by atoms with van der Waals surface area (Å²) in [5, 5.41) is 5.17. The second kappa shape index (κ2) is 7.15. The van der Waals surface area contributed by atoms with Crippen LogP contribution in [0.2, 0.25) is 15.1 Å². The van der Waals surface area contributed by atoms with E-state index in [9.17, 15) is 0 Å². The molecule has 0 saturated carbocycles. The second-order valence-electron chi connectivity index (χ2n) is 4.47. The van der Waals surface area contributed by atoms with Gasteiger partial charge in [-0.1, -0.05) is 46.9 Å². The van der Waals surface area contributed by atoms with Crippen molar-refractivity contribution in [3.05, 3.63) is 67.1 Å². The van der Waals surface area contributed by atoms with E-state index in [0.717, 1.165) is 22.0 Å². The zero-order chi connectivity index (χ0) is 14.7. The van der Waals surface area contributed by atoms with Gasteiger partial charge in [-0.2, -0.15) is 0 Å². The highest BCUT2D eigenvalue weighted by Crippen LogP contribution is 2.29. The van der Waals surface area contributed by atoms with Gasteiger partial charge in [0.1, 0.15) is 0 Å². The van der Waals surface area contributed by atoms with E-state index in [-0.39, 0.29) is 6.04 Å². The number of benzene rings is 2. The van der Waals surface area contributed by atoms with Gasteiger partial charge in [0.15, 0.2) is 0 Å². The van der Waals surface area contributed by atoms with Crippen LogP contribution in [0.25, 0.3) is 0 Å². The second-order valence-corrected chi connectivity index (χ2v) is 6.54. The smallest absolute Gasteiger partial charge is 0.0595 e. The molecule has 0 aromatic heterocycles. The molecule has 1 nitrogen and oxygen atoms in total. The quantitative estimate of drug-likeness (QED) is 0.681. The minimum Gasteiger partial charge on any atom is -0.313 e. The molecular formula is C15H13BrCl3N. The van der Waals surface area contributed by atoms with E-state index >= 15 is 0 Å². The molecular weight excluding hydrogens is 380 g/mol. The summed E-state index contributed by atoms with van der Waals surface area (Å²) in [6, 6.07) is 11.8. The minimum atomic E-state index is 0.181. The van der Waals surface area contributed by atoms with E-state index in [1.54, 1.807) is 0 Å². The summed E-state index contributed by atoms with van der Waals surface area (Å²) in [6.07, 6.45) is 0.821. The van der Waals surface area contributed by atoms with E-state index in [1.807, 2.05) is 43.4 Å². The lowest BCUT2D eigenvalue weighted by Crippen LogP contribution is -2.18. The third-order valence-electron chi connectivity index (χ3n) is 3.12. The fraction of sp³-hybridized carbons (Fsp3) is 0.200. The van der Waals surface area contributed by atoms with Crippen LogP contribution in [0.1, 0.15) is 17.2 Å². The highest BCUT2D eigenvalue weighted by molar-refractivity contribution is 9.10. The van der Waals surface area contributed by atoms with Crippen LogP contribution in [0.4, 0.5) is 0 Å². The van der Waals surface area contributed by atoms with Crippen LogP contribution in [0.3, 0.4) is 0 Å². The fourth-order valence-corrected chi connectivity index (χ4v) is 2.85. The largest absolute Gasteiger partial charge is 0.313 e. The van der Waals surface area contributed by atoms with Crippen molar-refractivity contribution in [1.82, 2.24) is 5.32 Å². The monoisotopic (exact) mass is 391 g/mol. The minimum absolute atomic E-state index is 0.181. The van der Waals surface area contributed by atoms with Crippen molar-refractivity contribution < 1.29 is 0 Å². The SMILES string of the molecule is CNC(Cc1ccc(Cl)c(Cl)c1)c1ccc(Cl)c(Br)c1. The molecule has 5 heteroatoms. The molecule has 0 heterocycles. The zero-order valence-electron chi connectivity index (χ0n) is 10.8. The summed E-state index contributed by atoms with van der Waals surface area (Å²) in [7, 11) is 1.94. The number of rotatable bonds is 4. The van der Waals surface area contributed by atoms with Crippen molar-refractivity contribution in [3.8, 4) is 0 Å². The Kier molecular flexibility index (Phi) is 5.76. The van der Waals surface area contributed by atoms with E-state index < -0.39 is 0 Å². The Morgan fingerprint density at radius 2 is 1.70 bits per heavy atom. The topological polar surface area (TPSA) is 12.0 Å². The summed E-state index contributed by atoms with van der Waals surface area (Å²) < 4.78 is 0.894. The average Bonchev–Trinajstić information content (AvgIpc) is 2.43. The molecule has 106 valence electrons. The first-order valence-corrected chi connectivity index (χ1v) is 8.00. The van der Waals surface area contributed by atoms with Crippen molar-refractivity contribution in [2.75, 3.05) is 7.05 Å². The maximum absolute atomic E-state index is 6.06. The molecule has 2 aromatic carbocycles. The predicted octanol–water partition coefficient (Wildman–Crippen LogP) is 5.91. The van der Waals surface area contributed by atoms with Crippen molar-refractivity contribution in [1.29, 1.82) is 0 Å². The predicted molar refractivity (Wildman–Crippen MR) is 91.1 cm³/mol. The van der Waals surface area contributed by atoms with Crippen LogP contribution < -0.4 is 5.32 Å². The molecule has 0 aliphatic carbocycles. The van der Waals surface area contributed by atoms with Crippen LogP contribution in [0, 0.1) is 0 Å². The Labute approximate surface area is 142 Å². The van der Waals surface area contributed by atoms with E-state index in [2.05, 4.69) is 21.2 Å². The van der Waals surface area contributed by atoms with E-state index in [1.165, 1.54) is 0 Å². The Bertz CT molecular complexity index is 616. The standard InChI is InChI=1S/C15H13BrCl3N/c1-20-15(10-3-5-12(17)11(16)8-10)7-9-2-4-13(18)14(19)6-9/h2-6,8,15,20H,7H2,1H3. The molecule has 0 spiro atoms. The molecule has 2 aromatic rings. The van der Waals surface area contributed by atoms with Crippen molar-refractivity contribution in [3.63, 3.8) is 0 Å². The van der Waals surface area contributed by atoms with Gasteiger partial charge in [0, 0.05) is 10.5 Å². The van der Waals surface area contributed by atoms with Gasteiger partial charge < -0.3 is 5.32 Å². The van der Waals surface area contributed by atoms with Gasteiger partial charge in [0.05, 0.1) is 15.1 Å². The van der Waals surface area contributed by atoms with Crippen LogP contribution in [0.5, 0.6) is 0 Å². The molecule has 1 unspecified atom stereocenters. The summed E-state index contributed by atoms with van der Waals surface area (Å²) >= 11 is 21.5. The first kappa shape index (κ1) is 16.1. The first-order chi connectivity index (χ1) is 9.51. The van der Waals surface area contributed by atoms with E-state index in [4.69, 9.17) is 34.8 Å². The number of likely N-dealkylation sites (N-methyl/N-ethyl adjacent to an activating group) is 1. The summed E-state index contributed by atoms with van der Waals surface area (Å²) in [6.45, 7) is 0. The Morgan fingerprint density at radius 3 is 2.30 bits per heavy atom. The molecule has 0 radical (unpaired) electrons. The van der Waals surface area contributed by atoms with Gasteiger partial charge in [-0.05, 0) is 64.8 Å². The van der Waals surface area contributed by atoms with Crippen molar-refractivity contribution >= 4 is 50.7 Å². The molecule has 0 aliphatic rings. The highest BCUT2D eigenvalue weighted by Gasteiger charge is 2.12. The highest BCUT2D eigenvalue weighted by atomic mass is 79.9. The van der Waals surface area contributed by atoms with Crippen molar-refractivity contribution in [2.45, 2.75) is 12.5 Å². The lowest BCUT2D eigenvalue weighted by Gasteiger charge is -2.18.